The fraction of sp³-hybridized carbons (Fsp3) is 0.929. The molecule has 4 heteroatoms. The van der Waals surface area contributed by atoms with Crippen molar-refractivity contribution in [3.05, 3.63) is 0 Å². The minimum Gasteiger partial charge on any atom is -0.468 e. The summed E-state index contributed by atoms with van der Waals surface area (Å²) in [5, 5.41) is 3.10. The van der Waals surface area contributed by atoms with Crippen molar-refractivity contribution in [2.24, 2.45) is 0 Å². The molecule has 18 heavy (non-hydrogen) atoms. The lowest BCUT2D eigenvalue weighted by Gasteiger charge is -2.15. The lowest BCUT2D eigenvalue weighted by Crippen LogP contribution is -2.38. The van der Waals surface area contributed by atoms with Gasteiger partial charge in [-0.15, -0.1) is 0 Å². The average molecular weight is 259 g/mol. The summed E-state index contributed by atoms with van der Waals surface area (Å²) in [6.45, 7) is 6.36. The van der Waals surface area contributed by atoms with Gasteiger partial charge in [-0.2, -0.15) is 0 Å². The molecule has 0 aliphatic heterocycles. The number of carbonyl (C=O) groups excluding carboxylic acids is 1. The largest absolute Gasteiger partial charge is 0.468 e. The van der Waals surface area contributed by atoms with Crippen molar-refractivity contribution in [3.8, 4) is 0 Å². The first-order valence-corrected chi connectivity index (χ1v) is 7.15. The molecule has 0 fully saturated rings. The number of carbonyl (C=O) groups is 1. The highest BCUT2D eigenvalue weighted by molar-refractivity contribution is 5.75. The minimum atomic E-state index is -0.236. The van der Waals surface area contributed by atoms with Crippen LogP contribution in [0.5, 0.6) is 0 Å². The lowest BCUT2D eigenvalue weighted by atomic mass is 10.2. The second-order valence-corrected chi connectivity index (χ2v) is 4.45. The first-order valence-electron chi connectivity index (χ1n) is 7.15. The molecule has 1 unspecified atom stereocenters. The number of hydrogen-bond donors (Lipinski definition) is 1. The van der Waals surface area contributed by atoms with E-state index in [0.717, 1.165) is 19.6 Å². The molecule has 0 bridgehead atoms. The number of rotatable bonds is 12. The number of esters is 1. The molecule has 0 saturated heterocycles. The molecule has 4 nitrogen and oxygen atoms in total. The number of hydrogen-bond acceptors (Lipinski definition) is 4. The van der Waals surface area contributed by atoms with Gasteiger partial charge < -0.3 is 14.8 Å². The van der Waals surface area contributed by atoms with Crippen LogP contribution < -0.4 is 5.32 Å². The maximum Gasteiger partial charge on any atom is 0.322 e. The van der Waals surface area contributed by atoms with Gasteiger partial charge in [0.1, 0.15) is 6.04 Å². The van der Waals surface area contributed by atoms with E-state index in [4.69, 9.17) is 9.47 Å². The van der Waals surface area contributed by atoms with Crippen LogP contribution in [0.3, 0.4) is 0 Å². The van der Waals surface area contributed by atoms with Crippen LogP contribution in [-0.2, 0) is 14.3 Å². The van der Waals surface area contributed by atoms with Gasteiger partial charge in [0.15, 0.2) is 0 Å². The highest BCUT2D eigenvalue weighted by Crippen LogP contribution is 2.03. The topological polar surface area (TPSA) is 47.6 Å². The van der Waals surface area contributed by atoms with Crippen molar-refractivity contribution in [2.45, 2.75) is 58.4 Å². The highest BCUT2D eigenvalue weighted by atomic mass is 16.5. The molecule has 0 amide bonds. The summed E-state index contributed by atoms with van der Waals surface area (Å²) in [5.74, 6) is -0.205. The van der Waals surface area contributed by atoms with Gasteiger partial charge in [-0.05, 0) is 19.4 Å². The normalized spacial score (nSPS) is 12.4. The molecule has 1 N–H and O–H groups in total. The summed E-state index contributed by atoms with van der Waals surface area (Å²) in [4.78, 5) is 11.4. The Kier molecular flexibility index (Phi) is 12.4. The predicted molar refractivity (Wildman–Crippen MR) is 73.7 cm³/mol. The fourth-order valence-corrected chi connectivity index (χ4v) is 1.80. The van der Waals surface area contributed by atoms with Crippen molar-refractivity contribution in [3.63, 3.8) is 0 Å². The Morgan fingerprint density at radius 3 is 2.44 bits per heavy atom. The Balaban J connectivity index is 3.46. The van der Waals surface area contributed by atoms with E-state index < -0.39 is 0 Å². The Bertz CT molecular complexity index is 197. The van der Waals surface area contributed by atoms with Crippen LogP contribution in [0, 0.1) is 0 Å². The van der Waals surface area contributed by atoms with Crippen molar-refractivity contribution in [1.82, 2.24) is 5.32 Å². The van der Waals surface area contributed by atoms with E-state index in [2.05, 4.69) is 12.2 Å². The van der Waals surface area contributed by atoms with Crippen LogP contribution in [0.15, 0.2) is 0 Å². The van der Waals surface area contributed by atoms with Crippen molar-refractivity contribution in [1.29, 1.82) is 0 Å². The number of nitrogens with one attached hydrogen (secondary N) is 1. The molecule has 0 heterocycles. The van der Waals surface area contributed by atoms with Gasteiger partial charge in [0.05, 0.1) is 7.11 Å². The molecular formula is C14H29NO3. The zero-order valence-electron chi connectivity index (χ0n) is 12.2. The Morgan fingerprint density at radius 1 is 1.11 bits per heavy atom. The maximum atomic E-state index is 11.4. The van der Waals surface area contributed by atoms with E-state index in [0.29, 0.717) is 13.0 Å². The standard InChI is InChI=1S/C14H29NO3/c1-4-6-7-8-9-11-18-12-10-13(15-5-2)14(16)17-3/h13,15H,4-12H2,1-3H3. The molecule has 0 aliphatic rings. The van der Waals surface area contributed by atoms with Crippen molar-refractivity contribution >= 4 is 5.97 Å². The minimum absolute atomic E-state index is 0.205. The van der Waals surface area contributed by atoms with Gasteiger partial charge in [0, 0.05) is 13.2 Å². The van der Waals surface area contributed by atoms with Crippen LogP contribution in [0.25, 0.3) is 0 Å². The van der Waals surface area contributed by atoms with Crippen LogP contribution in [-0.4, -0.2) is 38.9 Å². The van der Waals surface area contributed by atoms with Crippen molar-refractivity contribution < 1.29 is 14.3 Å². The first kappa shape index (κ1) is 17.4. The zero-order valence-corrected chi connectivity index (χ0v) is 12.2. The van der Waals surface area contributed by atoms with E-state index in [1.165, 1.54) is 32.8 Å². The van der Waals surface area contributed by atoms with Crippen LogP contribution >= 0.6 is 0 Å². The molecule has 0 saturated carbocycles. The Morgan fingerprint density at radius 2 is 1.83 bits per heavy atom. The van der Waals surface area contributed by atoms with Crippen molar-refractivity contribution in [2.75, 3.05) is 26.9 Å². The number of likely N-dealkylation sites (N-methyl/N-ethyl adjacent to an activating group) is 1. The Hall–Kier alpha value is -0.610. The first-order chi connectivity index (χ1) is 8.76. The molecule has 0 aliphatic carbocycles. The Labute approximate surface area is 111 Å². The van der Waals surface area contributed by atoms with Gasteiger partial charge in [0.25, 0.3) is 0 Å². The van der Waals surface area contributed by atoms with Crippen LogP contribution in [0.2, 0.25) is 0 Å². The predicted octanol–water partition coefficient (Wildman–Crippen LogP) is 2.51. The van der Waals surface area contributed by atoms with Gasteiger partial charge in [-0.1, -0.05) is 39.5 Å². The molecule has 0 aromatic heterocycles. The quantitative estimate of drug-likeness (QED) is 0.432. The second kappa shape index (κ2) is 12.8. The third-order valence-electron chi connectivity index (χ3n) is 2.88. The number of unbranched alkanes of at least 4 members (excludes halogenated alkanes) is 4. The van der Waals surface area contributed by atoms with E-state index in [1.807, 2.05) is 6.92 Å². The zero-order chi connectivity index (χ0) is 13.6. The smallest absolute Gasteiger partial charge is 0.322 e. The van der Waals surface area contributed by atoms with Gasteiger partial charge >= 0.3 is 5.97 Å². The molecular weight excluding hydrogens is 230 g/mol. The van der Waals surface area contributed by atoms with E-state index in [-0.39, 0.29) is 12.0 Å². The van der Waals surface area contributed by atoms with Gasteiger partial charge in [-0.3, -0.25) is 4.79 Å². The SMILES string of the molecule is CCCCCCCOCCC(NCC)C(=O)OC. The molecule has 0 radical (unpaired) electrons. The van der Waals surface area contributed by atoms with E-state index in [9.17, 15) is 4.79 Å². The van der Waals surface area contributed by atoms with Gasteiger partial charge in [0.2, 0.25) is 0 Å². The molecule has 0 spiro atoms. The third-order valence-corrected chi connectivity index (χ3v) is 2.88. The second-order valence-electron chi connectivity index (χ2n) is 4.45. The summed E-state index contributed by atoms with van der Waals surface area (Å²) in [6.07, 6.45) is 6.90. The summed E-state index contributed by atoms with van der Waals surface area (Å²) in [6, 6.07) is -0.236. The fourth-order valence-electron chi connectivity index (χ4n) is 1.80. The monoisotopic (exact) mass is 259 g/mol. The molecule has 0 aromatic carbocycles. The number of ether oxygens (including phenoxy) is 2. The third kappa shape index (κ3) is 9.42. The van der Waals surface area contributed by atoms with Gasteiger partial charge in [-0.25, -0.2) is 0 Å². The highest BCUT2D eigenvalue weighted by Gasteiger charge is 2.16. The molecule has 108 valence electrons. The molecule has 0 rings (SSSR count). The number of methoxy groups -OCH3 is 1. The summed E-state index contributed by atoms with van der Waals surface area (Å²) in [7, 11) is 1.42. The van der Waals surface area contributed by atoms with E-state index in [1.54, 1.807) is 0 Å². The van der Waals surface area contributed by atoms with E-state index >= 15 is 0 Å². The maximum absolute atomic E-state index is 11.4. The lowest BCUT2D eigenvalue weighted by molar-refractivity contribution is -0.143. The summed E-state index contributed by atoms with van der Waals surface area (Å²) >= 11 is 0. The molecule has 0 aromatic rings. The molecule has 1 atom stereocenters. The average Bonchev–Trinajstić information content (AvgIpc) is 2.39. The summed E-state index contributed by atoms with van der Waals surface area (Å²) < 4.78 is 10.3. The van der Waals surface area contributed by atoms with Crippen LogP contribution in [0.1, 0.15) is 52.4 Å². The summed E-state index contributed by atoms with van der Waals surface area (Å²) in [5.41, 5.74) is 0. The van der Waals surface area contributed by atoms with Crippen LogP contribution in [0.4, 0.5) is 0 Å².